The third kappa shape index (κ3) is 4.79. The number of benzene rings is 3. The molecule has 0 saturated carbocycles. The van der Waals surface area contributed by atoms with Crippen LogP contribution >= 0.6 is 0 Å². The summed E-state index contributed by atoms with van der Waals surface area (Å²) in [7, 11) is -2.94. The Morgan fingerprint density at radius 3 is 2.19 bits per heavy atom. The fraction of sp³-hybridized carbons (Fsp3) is 0.160. The van der Waals surface area contributed by atoms with Crippen molar-refractivity contribution in [3.8, 4) is 17.2 Å². The molecule has 0 amide bonds. The highest BCUT2D eigenvalue weighted by Crippen LogP contribution is 2.37. The van der Waals surface area contributed by atoms with Gasteiger partial charge in [-0.25, -0.2) is 12.4 Å². The van der Waals surface area contributed by atoms with Crippen LogP contribution in [-0.2, 0) is 10.0 Å². The van der Waals surface area contributed by atoms with Gasteiger partial charge < -0.3 is 19.8 Å². The molecule has 0 aliphatic heterocycles. The molecule has 0 spiro atoms. The number of fused-ring (bicyclic) bond motifs is 1. The highest BCUT2D eigenvalue weighted by atomic mass is 32.2. The number of aromatic nitrogens is 1. The number of phenolic OH excluding ortho intramolecular Hbond substituents is 1. The van der Waals surface area contributed by atoms with Gasteiger partial charge in [-0.3, -0.25) is 0 Å². The smallest absolute Gasteiger partial charge is 0.507 e. The summed E-state index contributed by atoms with van der Waals surface area (Å²) in [5, 5.41) is 24.0. The first-order valence-electron chi connectivity index (χ1n) is 10.7. The number of oxime groups is 1. The molecule has 4 rings (SSSR count). The maximum absolute atomic E-state index is 13.7. The summed E-state index contributed by atoms with van der Waals surface area (Å²) in [6.45, 7) is 3.19. The topological polar surface area (TPSA) is 110 Å². The third-order valence-electron chi connectivity index (χ3n) is 5.71. The van der Waals surface area contributed by atoms with E-state index in [4.69, 9.17) is 4.74 Å². The molecule has 12 heteroatoms. The number of alkyl halides is 3. The van der Waals surface area contributed by atoms with Gasteiger partial charge in [-0.2, -0.15) is 0 Å². The molecule has 1 heterocycles. The predicted molar refractivity (Wildman–Crippen MR) is 129 cm³/mol. The second kappa shape index (κ2) is 9.36. The van der Waals surface area contributed by atoms with E-state index in [0.29, 0.717) is 5.75 Å². The largest absolute Gasteiger partial charge is 0.573 e. The molecule has 0 aliphatic rings. The normalized spacial score (nSPS) is 12.6. The Labute approximate surface area is 209 Å². The van der Waals surface area contributed by atoms with Crippen LogP contribution in [0.3, 0.4) is 0 Å². The van der Waals surface area contributed by atoms with Crippen molar-refractivity contribution < 1.29 is 41.4 Å². The molecule has 0 atom stereocenters. The molecule has 0 fully saturated rings. The second-order valence-corrected chi connectivity index (χ2v) is 9.89. The van der Waals surface area contributed by atoms with E-state index in [1.807, 2.05) is 0 Å². The summed E-state index contributed by atoms with van der Waals surface area (Å²) < 4.78 is 76.2. The lowest BCUT2D eigenvalue weighted by Crippen LogP contribution is -2.17. The molecule has 0 aliphatic carbocycles. The van der Waals surface area contributed by atoms with Crippen molar-refractivity contribution in [1.29, 1.82) is 0 Å². The van der Waals surface area contributed by atoms with Crippen LogP contribution in [0.5, 0.6) is 17.2 Å². The van der Waals surface area contributed by atoms with Gasteiger partial charge in [0.1, 0.15) is 23.0 Å². The van der Waals surface area contributed by atoms with Gasteiger partial charge in [0.2, 0.25) is 0 Å². The Morgan fingerprint density at radius 2 is 1.62 bits per heavy atom. The first-order chi connectivity index (χ1) is 17.4. The molecular weight excluding hydrogens is 513 g/mol. The molecule has 2 N–H and O–H groups in total. The van der Waals surface area contributed by atoms with Crippen LogP contribution in [-0.4, -0.2) is 41.9 Å². The molecule has 3 aromatic carbocycles. The first-order valence-corrected chi connectivity index (χ1v) is 12.1. The van der Waals surface area contributed by atoms with E-state index in [-0.39, 0.29) is 44.1 Å². The Morgan fingerprint density at radius 1 is 0.973 bits per heavy atom. The number of aromatic hydroxyl groups is 1. The number of hydrogen-bond donors (Lipinski definition) is 2. The molecule has 0 bridgehead atoms. The number of halogens is 3. The minimum atomic E-state index is -5.01. The lowest BCUT2D eigenvalue weighted by Gasteiger charge is -2.12. The Kier molecular flexibility index (Phi) is 6.55. The van der Waals surface area contributed by atoms with Gasteiger partial charge in [0, 0.05) is 34.3 Å². The number of nitrogens with zero attached hydrogens (tertiary/aromatic N) is 2. The quantitative estimate of drug-likeness (QED) is 0.196. The van der Waals surface area contributed by atoms with Gasteiger partial charge in [-0.05, 0) is 50.2 Å². The van der Waals surface area contributed by atoms with E-state index in [1.54, 1.807) is 19.1 Å². The lowest BCUT2D eigenvalue weighted by atomic mass is 9.98. The highest BCUT2D eigenvalue weighted by Gasteiger charge is 2.33. The third-order valence-corrected chi connectivity index (χ3v) is 7.53. The van der Waals surface area contributed by atoms with Crippen LogP contribution in [0.25, 0.3) is 10.9 Å². The number of methoxy groups -OCH3 is 1. The summed E-state index contributed by atoms with van der Waals surface area (Å²) >= 11 is 0. The fourth-order valence-corrected chi connectivity index (χ4v) is 5.62. The predicted octanol–water partition coefficient (Wildman–Crippen LogP) is 5.33. The summed E-state index contributed by atoms with van der Waals surface area (Å²) in [5.74, 6) is -0.654. The van der Waals surface area contributed by atoms with E-state index in [9.17, 15) is 31.9 Å². The molecule has 0 saturated heterocycles. The molecule has 8 nitrogen and oxygen atoms in total. The van der Waals surface area contributed by atoms with Gasteiger partial charge in [0.15, 0.2) is 0 Å². The Bertz CT molecular complexity index is 1630. The van der Waals surface area contributed by atoms with Crippen molar-refractivity contribution in [3.63, 3.8) is 0 Å². The number of ether oxygens (including phenoxy) is 2. The van der Waals surface area contributed by atoms with Crippen molar-refractivity contribution in [2.45, 2.75) is 25.1 Å². The van der Waals surface area contributed by atoms with E-state index in [0.717, 1.165) is 21.7 Å². The lowest BCUT2D eigenvalue weighted by molar-refractivity contribution is -0.274. The zero-order valence-electron chi connectivity index (χ0n) is 19.7. The Balaban J connectivity index is 2.04. The van der Waals surface area contributed by atoms with E-state index in [2.05, 4.69) is 9.89 Å². The van der Waals surface area contributed by atoms with Crippen molar-refractivity contribution in [3.05, 3.63) is 83.0 Å². The van der Waals surface area contributed by atoms with Crippen molar-refractivity contribution in [2.24, 2.45) is 5.16 Å². The minimum Gasteiger partial charge on any atom is -0.507 e. The average molecular weight is 535 g/mol. The molecule has 0 unspecified atom stereocenters. The van der Waals surface area contributed by atoms with Crippen molar-refractivity contribution in [1.82, 2.24) is 3.97 Å². The monoisotopic (exact) mass is 534 g/mol. The van der Waals surface area contributed by atoms with Crippen molar-refractivity contribution in [2.75, 3.05) is 7.11 Å². The molecule has 4 aromatic rings. The summed E-state index contributed by atoms with van der Waals surface area (Å²) in [5.41, 5.74) is 0.594. The van der Waals surface area contributed by atoms with Gasteiger partial charge in [0.25, 0.3) is 10.0 Å². The van der Waals surface area contributed by atoms with E-state index < -0.39 is 22.1 Å². The van der Waals surface area contributed by atoms with E-state index in [1.165, 1.54) is 50.4 Å². The van der Waals surface area contributed by atoms with Crippen LogP contribution in [0.15, 0.2) is 70.7 Å². The first kappa shape index (κ1) is 25.9. The number of phenols is 1. The van der Waals surface area contributed by atoms with Crippen LogP contribution in [0.4, 0.5) is 13.2 Å². The maximum Gasteiger partial charge on any atom is 0.573 e. The number of hydrogen-bond acceptors (Lipinski definition) is 7. The molecule has 1 aromatic heterocycles. The Hall–Kier alpha value is -4.19. The van der Waals surface area contributed by atoms with Crippen molar-refractivity contribution >= 4 is 26.6 Å². The van der Waals surface area contributed by atoms with E-state index >= 15 is 0 Å². The molecule has 0 radical (unpaired) electrons. The minimum absolute atomic E-state index is 0.0303. The fourth-order valence-electron chi connectivity index (χ4n) is 4.07. The van der Waals surface area contributed by atoms with Gasteiger partial charge in [0.05, 0.1) is 17.5 Å². The zero-order chi connectivity index (χ0) is 27.1. The van der Waals surface area contributed by atoms with Crippen LogP contribution in [0, 0.1) is 13.8 Å². The second-order valence-electron chi connectivity index (χ2n) is 8.10. The summed E-state index contributed by atoms with van der Waals surface area (Å²) in [4.78, 5) is -0.110. The SMILES string of the molecule is COc1ccc(/C(=N/O)c2c(C)n(S(=O)(=O)c3ccc(C)cc3)c3cc(OC(F)(F)F)ccc23)c(O)c1. The average Bonchev–Trinajstić information content (AvgIpc) is 3.11. The number of rotatable bonds is 6. The standard InChI is InChI=1S/C25H21F3N2O6S/c1-14-4-8-18(9-5-14)37(33,34)30-15(2)23(19-10-7-17(12-21(19)30)36-25(26,27)28)24(29-32)20-11-6-16(35-3)13-22(20)31/h4-13,31-32H,1-3H3/b29-24-. The maximum atomic E-state index is 13.7. The summed E-state index contributed by atoms with van der Waals surface area (Å²) in [6, 6.07) is 13.3. The molecular formula is C25H21F3N2O6S. The highest BCUT2D eigenvalue weighted by molar-refractivity contribution is 7.90. The van der Waals surface area contributed by atoms with Crippen LogP contribution in [0.2, 0.25) is 0 Å². The molecule has 37 heavy (non-hydrogen) atoms. The molecule has 194 valence electrons. The van der Waals surface area contributed by atoms with Gasteiger partial charge >= 0.3 is 6.36 Å². The number of aryl methyl sites for hydroxylation is 1. The zero-order valence-corrected chi connectivity index (χ0v) is 20.6. The van der Waals surface area contributed by atoms with Crippen LogP contribution < -0.4 is 9.47 Å². The van der Waals surface area contributed by atoms with Crippen LogP contribution in [0.1, 0.15) is 22.4 Å². The summed E-state index contributed by atoms with van der Waals surface area (Å²) in [6.07, 6.45) is -5.01. The van der Waals surface area contributed by atoms with Gasteiger partial charge in [-0.1, -0.05) is 22.9 Å². The van der Waals surface area contributed by atoms with Gasteiger partial charge in [-0.15, -0.1) is 13.2 Å².